The zero-order valence-electron chi connectivity index (χ0n) is 18.2. The molecule has 0 atom stereocenters. The van der Waals surface area contributed by atoms with Gasteiger partial charge in [0.15, 0.2) is 5.43 Å². The van der Waals surface area contributed by atoms with Gasteiger partial charge in [-0.3, -0.25) is 4.79 Å². The lowest BCUT2D eigenvalue weighted by molar-refractivity contribution is 0.0438. The number of carbonyl (C=O) groups excluding carboxylic acids is 1. The summed E-state index contributed by atoms with van der Waals surface area (Å²) in [6.07, 6.45) is 1.43. The van der Waals surface area contributed by atoms with Crippen LogP contribution in [0.4, 0.5) is 5.69 Å². The maximum Gasteiger partial charge on any atom is 0.374 e. The fourth-order valence-electron chi connectivity index (χ4n) is 3.71. The summed E-state index contributed by atoms with van der Waals surface area (Å²) < 4.78 is 12.3. The van der Waals surface area contributed by atoms with Crippen LogP contribution in [0.5, 0.6) is 0 Å². The molecule has 32 heavy (non-hydrogen) atoms. The first kappa shape index (κ1) is 22.0. The molecule has 0 aliphatic rings. The lowest BCUT2D eigenvalue weighted by atomic mass is 10.1. The molecule has 2 aromatic heterocycles. The molecule has 2 aromatic carbocycles. The number of furan rings is 1. The molecule has 0 saturated carbocycles. The van der Waals surface area contributed by atoms with E-state index in [1.54, 1.807) is 12.1 Å². The minimum absolute atomic E-state index is 0.0149. The van der Waals surface area contributed by atoms with Crippen molar-refractivity contribution in [2.24, 2.45) is 0 Å². The SMILES string of the molecule is CCN(CC)CCNc1ccc(COC(=O)c2ccco2)c2sc3ccccc3c(=O)c12. The molecule has 0 aliphatic carbocycles. The number of likely N-dealkylation sites (N-methyl/N-ethyl adjacent to an activating group) is 1. The zero-order valence-corrected chi connectivity index (χ0v) is 19.0. The van der Waals surface area contributed by atoms with Gasteiger partial charge in [0.25, 0.3) is 0 Å². The van der Waals surface area contributed by atoms with E-state index in [9.17, 15) is 9.59 Å². The number of esters is 1. The molecule has 0 saturated heterocycles. The van der Waals surface area contributed by atoms with Crippen molar-refractivity contribution >= 4 is 43.2 Å². The number of benzene rings is 2. The highest BCUT2D eigenvalue weighted by Crippen LogP contribution is 2.32. The normalized spacial score (nSPS) is 11.3. The Morgan fingerprint density at radius 2 is 1.91 bits per heavy atom. The number of hydrogen-bond donors (Lipinski definition) is 1. The van der Waals surface area contributed by atoms with Crippen LogP contribution in [0, 0.1) is 0 Å². The second-order valence-electron chi connectivity index (χ2n) is 7.41. The molecular weight excluding hydrogens is 424 g/mol. The highest BCUT2D eigenvalue weighted by atomic mass is 32.1. The maximum absolute atomic E-state index is 13.4. The Bertz CT molecular complexity index is 1280. The van der Waals surface area contributed by atoms with Crippen LogP contribution in [0.25, 0.3) is 20.2 Å². The maximum atomic E-state index is 13.4. The molecule has 0 aliphatic heterocycles. The smallest absolute Gasteiger partial charge is 0.374 e. The topological polar surface area (TPSA) is 71.8 Å². The van der Waals surface area contributed by atoms with E-state index in [1.165, 1.54) is 17.6 Å². The fourth-order valence-corrected chi connectivity index (χ4v) is 4.91. The Morgan fingerprint density at radius 1 is 1.09 bits per heavy atom. The van der Waals surface area contributed by atoms with Crippen molar-refractivity contribution in [2.75, 3.05) is 31.5 Å². The van der Waals surface area contributed by atoms with Crippen LogP contribution < -0.4 is 10.7 Å². The first-order chi connectivity index (χ1) is 15.6. The van der Waals surface area contributed by atoms with Gasteiger partial charge in [-0.05, 0) is 43.4 Å². The fraction of sp³-hybridized carbons (Fsp3) is 0.280. The monoisotopic (exact) mass is 450 g/mol. The number of carbonyl (C=O) groups is 1. The highest BCUT2D eigenvalue weighted by molar-refractivity contribution is 7.24. The van der Waals surface area contributed by atoms with Gasteiger partial charge in [0.1, 0.15) is 6.61 Å². The van der Waals surface area contributed by atoms with Crippen molar-refractivity contribution in [3.63, 3.8) is 0 Å². The number of ether oxygens (including phenoxy) is 1. The molecule has 7 heteroatoms. The second-order valence-corrected chi connectivity index (χ2v) is 8.46. The minimum atomic E-state index is -0.530. The molecule has 4 rings (SSSR count). The Kier molecular flexibility index (Phi) is 6.87. The van der Waals surface area contributed by atoms with Gasteiger partial charge in [0.05, 0.1) is 11.6 Å². The van der Waals surface area contributed by atoms with Crippen LogP contribution in [0.3, 0.4) is 0 Å². The summed E-state index contributed by atoms with van der Waals surface area (Å²) in [5.74, 6) is -0.375. The lowest BCUT2D eigenvalue weighted by Gasteiger charge is -2.19. The zero-order chi connectivity index (χ0) is 22.5. The van der Waals surface area contributed by atoms with Crippen molar-refractivity contribution in [3.05, 3.63) is 76.3 Å². The van der Waals surface area contributed by atoms with Gasteiger partial charge >= 0.3 is 5.97 Å². The first-order valence-electron chi connectivity index (χ1n) is 10.8. The summed E-state index contributed by atoms with van der Waals surface area (Å²) in [5, 5.41) is 4.78. The second kappa shape index (κ2) is 9.97. The van der Waals surface area contributed by atoms with Crippen LogP contribution in [0.1, 0.15) is 30.0 Å². The summed E-state index contributed by atoms with van der Waals surface area (Å²) in [4.78, 5) is 28.0. The Balaban J connectivity index is 1.70. The van der Waals surface area contributed by atoms with E-state index < -0.39 is 5.97 Å². The third kappa shape index (κ3) is 4.54. The number of fused-ring (bicyclic) bond motifs is 2. The molecular formula is C25H26N2O4S. The van der Waals surface area contributed by atoms with Gasteiger partial charge in [0, 0.05) is 39.1 Å². The molecule has 0 spiro atoms. The van der Waals surface area contributed by atoms with E-state index in [0.29, 0.717) is 10.8 Å². The molecule has 4 aromatic rings. The number of anilines is 1. The van der Waals surface area contributed by atoms with Crippen molar-refractivity contribution in [1.29, 1.82) is 0 Å². The van der Waals surface area contributed by atoms with E-state index >= 15 is 0 Å². The third-order valence-electron chi connectivity index (χ3n) is 5.53. The van der Waals surface area contributed by atoms with Gasteiger partial charge in [-0.2, -0.15) is 0 Å². The van der Waals surface area contributed by atoms with Gasteiger partial charge in [0.2, 0.25) is 5.76 Å². The van der Waals surface area contributed by atoms with Crippen LogP contribution in [0.2, 0.25) is 0 Å². The number of rotatable bonds is 9. The van der Waals surface area contributed by atoms with Gasteiger partial charge < -0.3 is 19.4 Å². The molecule has 0 fully saturated rings. The van der Waals surface area contributed by atoms with E-state index in [0.717, 1.165) is 46.8 Å². The Hall–Kier alpha value is -3.16. The number of hydrogen-bond acceptors (Lipinski definition) is 7. The molecule has 6 nitrogen and oxygen atoms in total. The largest absolute Gasteiger partial charge is 0.457 e. The van der Waals surface area contributed by atoms with Crippen molar-refractivity contribution in [2.45, 2.75) is 20.5 Å². The van der Waals surface area contributed by atoms with Gasteiger partial charge in [-0.1, -0.05) is 32.0 Å². The molecule has 0 unspecified atom stereocenters. The number of nitrogens with zero attached hydrogens (tertiary/aromatic N) is 1. The van der Waals surface area contributed by atoms with Crippen LogP contribution >= 0.6 is 11.3 Å². The van der Waals surface area contributed by atoms with Crippen LogP contribution in [-0.4, -0.2) is 37.0 Å². The van der Waals surface area contributed by atoms with Crippen molar-refractivity contribution < 1.29 is 13.9 Å². The Labute approximate surface area is 190 Å². The quantitative estimate of drug-likeness (QED) is 0.282. The standard InChI is InChI=1S/C25H26N2O4S/c1-3-27(4-2)14-13-26-19-12-11-17(16-31-25(29)20-9-7-15-30-20)24-22(19)23(28)18-8-5-6-10-21(18)32-24/h5-12,15,26H,3-4,13-14,16H2,1-2H3. The number of nitrogens with one attached hydrogen (secondary N) is 1. The first-order valence-corrected chi connectivity index (χ1v) is 11.6. The van der Waals surface area contributed by atoms with Crippen molar-refractivity contribution in [1.82, 2.24) is 4.90 Å². The average Bonchev–Trinajstić information content (AvgIpc) is 3.36. The van der Waals surface area contributed by atoms with E-state index in [2.05, 4.69) is 24.1 Å². The lowest BCUT2D eigenvalue weighted by Crippen LogP contribution is -2.28. The summed E-state index contributed by atoms with van der Waals surface area (Å²) in [7, 11) is 0. The van der Waals surface area contributed by atoms with Gasteiger partial charge in [-0.25, -0.2) is 4.79 Å². The van der Waals surface area contributed by atoms with Crippen LogP contribution in [0.15, 0.2) is 64.0 Å². The highest BCUT2D eigenvalue weighted by Gasteiger charge is 2.16. The third-order valence-corrected chi connectivity index (χ3v) is 6.78. The summed E-state index contributed by atoms with van der Waals surface area (Å²) >= 11 is 1.54. The van der Waals surface area contributed by atoms with E-state index in [-0.39, 0.29) is 17.8 Å². The molecule has 2 heterocycles. The van der Waals surface area contributed by atoms with E-state index in [1.807, 2.05) is 36.4 Å². The van der Waals surface area contributed by atoms with E-state index in [4.69, 9.17) is 9.15 Å². The molecule has 1 N–H and O–H groups in total. The van der Waals surface area contributed by atoms with Crippen LogP contribution in [-0.2, 0) is 11.3 Å². The molecule has 0 radical (unpaired) electrons. The predicted octanol–water partition coefficient (Wildman–Crippen LogP) is 5.12. The van der Waals surface area contributed by atoms with Crippen molar-refractivity contribution in [3.8, 4) is 0 Å². The summed E-state index contributed by atoms with van der Waals surface area (Å²) in [5.41, 5.74) is 1.58. The average molecular weight is 451 g/mol. The minimum Gasteiger partial charge on any atom is -0.457 e. The predicted molar refractivity (Wildman–Crippen MR) is 130 cm³/mol. The van der Waals surface area contributed by atoms with Gasteiger partial charge in [-0.15, -0.1) is 11.3 Å². The summed E-state index contributed by atoms with van der Waals surface area (Å²) in [6, 6.07) is 14.6. The molecule has 0 bridgehead atoms. The molecule has 0 amide bonds. The molecule has 166 valence electrons. The summed E-state index contributed by atoms with van der Waals surface area (Å²) in [6.45, 7) is 7.94. The Morgan fingerprint density at radius 3 is 2.66 bits per heavy atom.